The van der Waals surface area contributed by atoms with E-state index < -0.39 is 25.6 Å². The van der Waals surface area contributed by atoms with Gasteiger partial charge in [-0.05, 0) is 29.8 Å². The maximum atomic E-state index is 12.6. The molecule has 0 unspecified atom stereocenters. The minimum Gasteiger partial charge on any atom is -0.484 e. The van der Waals surface area contributed by atoms with Crippen molar-refractivity contribution in [2.24, 2.45) is 0 Å². The summed E-state index contributed by atoms with van der Waals surface area (Å²) in [6, 6.07) is 14.1. The van der Waals surface area contributed by atoms with Crippen LogP contribution in [-0.4, -0.2) is 35.5 Å². The summed E-state index contributed by atoms with van der Waals surface area (Å²) in [5.74, 6) is -0.238. The van der Waals surface area contributed by atoms with E-state index in [1.807, 2.05) is 30.3 Å². The van der Waals surface area contributed by atoms with Crippen LogP contribution in [0.3, 0.4) is 0 Å². The van der Waals surface area contributed by atoms with Crippen molar-refractivity contribution in [3.8, 4) is 22.8 Å². The van der Waals surface area contributed by atoms with Crippen LogP contribution in [0.25, 0.3) is 11.3 Å². The second kappa shape index (κ2) is 9.75. The van der Waals surface area contributed by atoms with E-state index in [9.17, 15) is 26.3 Å². The molecule has 1 heterocycles. The van der Waals surface area contributed by atoms with Crippen LogP contribution in [0.5, 0.6) is 11.5 Å². The van der Waals surface area contributed by atoms with E-state index >= 15 is 0 Å². The van der Waals surface area contributed by atoms with E-state index in [1.54, 1.807) is 0 Å². The number of nitrogens with zero attached hydrogens (tertiary/aromatic N) is 2. The van der Waals surface area contributed by atoms with Crippen LogP contribution in [0.1, 0.15) is 5.56 Å². The lowest BCUT2D eigenvalue weighted by Crippen LogP contribution is -2.20. The molecule has 0 fully saturated rings. The Morgan fingerprint density at radius 1 is 0.812 bits per heavy atom. The van der Waals surface area contributed by atoms with E-state index in [0.717, 1.165) is 23.8 Å². The Morgan fingerprint density at radius 3 is 2.19 bits per heavy atom. The summed E-state index contributed by atoms with van der Waals surface area (Å²) in [5, 5.41) is 2.98. The topological polar surface area (TPSA) is 56.3 Å². The standard InChI is InChI=1S/C21H17F6N3O2/c22-20(23,24)12-31-15-6-7-18(32-13-21(25,26)27)16(10-15)17-8-9-28-19(30-17)29-11-14-4-2-1-3-5-14/h1-10H,11-13H2,(H,28,29,30). The molecular formula is C21H17F6N3O2. The first-order valence-electron chi connectivity index (χ1n) is 9.23. The van der Waals surface area contributed by atoms with Gasteiger partial charge < -0.3 is 14.8 Å². The number of halogens is 6. The Hall–Kier alpha value is -3.50. The molecule has 3 aromatic rings. The summed E-state index contributed by atoms with van der Waals surface area (Å²) in [6.07, 6.45) is -7.81. The first kappa shape index (κ1) is 23.2. The zero-order valence-corrected chi connectivity index (χ0v) is 16.4. The van der Waals surface area contributed by atoms with Gasteiger partial charge in [-0.15, -0.1) is 0 Å². The van der Waals surface area contributed by atoms with Crippen molar-refractivity contribution in [3.05, 3.63) is 66.4 Å². The molecule has 1 N–H and O–H groups in total. The van der Waals surface area contributed by atoms with Gasteiger partial charge in [0, 0.05) is 18.3 Å². The van der Waals surface area contributed by atoms with Gasteiger partial charge in [-0.1, -0.05) is 30.3 Å². The lowest BCUT2D eigenvalue weighted by Gasteiger charge is -2.16. The predicted molar refractivity (Wildman–Crippen MR) is 104 cm³/mol. The molecule has 32 heavy (non-hydrogen) atoms. The van der Waals surface area contributed by atoms with Crippen LogP contribution in [0, 0.1) is 0 Å². The molecule has 0 amide bonds. The number of aromatic nitrogens is 2. The predicted octanol–water partition coefficient (Wildman–Crippen LogP) is 5.64. The fraction of sp³-hybridized carbons (Fsp3) is 0.238. The van der Waals surface area contributed by atoms with Crippen molar-refractivity contribution in [2.75, 3.05) is 18.5 Å². The lowest BCUT2D eigenvalue weighted by atomic mass is 10.1. The second-order valence-corrected chi connectivity index (χ2v) is 6.57. The molecule has 0 spiro atoms. The van der Waals surface area contributed by atoms with E-state index in [1.165, 1.54) is 12.3 Å². The molecule has 0 aliphatic rings. The number of hydrogen-bond acceptors (Lipinski definition) is 5. The van der Waals surface area contributed by atoms with Crippen molar-refractivity contribution < 1.29 is 35.8 Å². The van der Waals surface area contributed by atoms with Gasteiger partial charge in [0.05, 0.1) is 5.69 Å². The minimum absolute atomic E-state index is 0.0269. The molecule has 3 rings (SSSR count). The normalized spacial score (nSPS) is 11.8. The van der Waals surface area contributed by atoms with Crippen LogP contribution in [0.4, 0.5) is 32.3 Å². The van der Waals surface area contributed by atoms with Crippen molar-refractivity contribution in [1.82, 2.24) is 9.97 Å². The smallest absolute Gasteiger partial charge is 0.422 e. The van der Waals surface area contributed by atoms with Crippen LogP contribution < -0.4 is 14.8 Å². The Labute approximate surface area is 179 Å². The molecule has 5 nitrogen and oxygen atoms in total. The quantitative estimate of drug-likeness (QED) is 0.444. The summed E-state index contributed by atoms with van der Waals surface area (Å²) < 4.78 is 84.8. The Bertz CT molecular complexity index is 1030. The number of alkyl halides is 6. The van der Waals surface area contributed by atoms with Crippen LogP contribution >= 0.6 is 0 Å². The summed E-state index contributed by atoms with van der Waals surface area (Å²) in [7, 11) is 0. The average Bonchev–Trinajstić information content (AvgIpc) is 2.75. The zero-order valence-electron chi connectivity index (χ0n) is 16.4. The van der Waals surface area contributed by atoms with Gasteiger partial charge >= 0.3 is 12.4 Å². The fourth-order valence-electron chi connectivity index (χ4n) is 2.62. The van der Waals surface area contributed by atoms with Gasteiger partial charge in [0.15, 0.2) is 13.2 Å². The third kappa shape index (κ3) is 7.33. The number of hydrogen-bond donors (Lipinski definition) is 1. The van der Waals surface area contributed by atoms with E-state index in [0.29, 0.717) is 6.54 Å². The molecule has 0 radical (unpaired) electrons. The molecule has 2 aromatic carbocycles. The maximum Gasteiger partial charge on any atom is 0.422 e. The summed E-state index contributed by atoms with van der Waals surface area (Å²) in [4.78, 5) is 8.31. The highest BCUT2D eigenvalue weighted by atomic mass is 19.4. The number of nitrogens with one attached hydrogen (secondary N) is 1. The molecule has 170 valence electrons. The molecule has 0 aliphatic carbocycles. The molecule has 0 aliphatic heterocycles. The van der Waals surface area contributed by atoms with Gasteiger partial charge in [-0.3, -0.25) is 0 Å². The molecule has 0 bridgehead atoms. The third-order valence-electron chi connectivity index (χ3n) is 3.97. The fourth-order valence-corrected chi connectivity index (χ4v) is 2.62. The molecule has 0 saturated heterocycles. The Balaban J connectivity index is 1.86. The largest absolute Gasteiger partial charge is 0.484 e. The van der Waals surface area contributed by atoms with Crippen LogP contribution in [0.2, 0.25) is 0 Å². The minimum atomic E-state index is -4.60. The summed E-state index contributed by atoms with van der Waals surface area (Å²) in [6.45, 7) is -2.74. The highest BCUT2D eigenvalue weighted by Crippen LogP contribution is 2.34. The first-order valence-corrected chi connectivity index (χ1v) is 9.23. The third-order valence-corrected chi connectivity index (χ3v) is 3.97. The summed E-state index contributed by atoms with van der Waals surface area (Å²) in [5.41, 5.74) is 1.11. The summed E-state index contributed by atoms with van der Waals surface area (Å²) >= 11 is 0. The van der Waals surface area contributed by atoms with Crippen molar-refractivity contribution in [2.45, 2.75) is 18.9 Å². The number of rotatable bonds is 8. The Kier molecular flexibility index (Phi) is 7.06. The molecule has 11 heteroatoms. The molecule has 0 saturated carbocycles. The van der Waals surface area contributed by atoms with Gasteiger partial charge in [-0.2, -0.15) is 26.3 Å². The number of benzene rings is 2. The number of anilines is 1. The van der Waals surface area contributed by atoms with Gasteiger partial charge in [0.2, 0.25) is 5.95 Å². The average molecular weight is 457 g/mol. The van der Waals surface area contributed by atoms with Gasteiger partial charge in [0.25, 0.3) is 0 Å². The highest BCUT2D eigenvalue weighted by molar-refractivity contribution is 5.69. The maximum absolute atomic E-state index is 12.6. The monoisotopic (exact) mass is 457 g/mol. The molecular weight excluding hydrogens is 440 g/mol. The van der Waals surface area contributed by atoms with Crippen molar-refractivity contribution >= 4 is 5.95 Å². The van der Waals surface area contributed by atoms with Crippen molar-refractivity contribution in [3.63, 3.8) is 0 Å². The van der Waals surface area contributed by atoms with Crippen LogP contribution in [0.15, 0.2) is 60.8 Å². The van der Waals surface area contributed by atoms with Crippen molar-refractivity contribution in [1.29, 1.82) is 0 Å². The molecule has 0 atom stereocenters. The van der Waals surface area contributed by atoms with Gasteiger partial charge in [0.1, 0.15) is 11.5 Å². The SMILES string of the molecule is FC(F)(F)COc1ccc(OCC(F)(F)F)c(-c2ccnc(NCc3ccccc3)n2)c1. The number of ether oxygens (including phenoxy) is 2. The lowest BCUT2D eigenvalue weighted by molar-refractivity contribution is -0.154. The van der Waals surface area contributed by atoms with Gasteiger partial charge in [-0.25, -0.2) is 9.97 Å². The first-order chi connectivity index (χ1) is 15.1. The zero-order chi connectivity index (χ0) is 23.2. The molecule has 1 aromatic heterocycles. The highest BCUT2D eigenvalue weighted by Gasteiger charge is 2.30. The second-order valence-electron chi connectivity index (χ2n) is 6.57. The Morgan fingerprint density at radius 2 is 1.50 bits per heavy atom. The van der Waals surface area contributed by atoms with E-state index in [-0.39, 0.29) is 28.7 Å². The van der Waals surface area contributed by atoms with Crippen LogP contribution in [-0.2, 0) is 6.54 Å². The van der Waals surface area contributed by atoms with E-state index in [2.05, 4.69) is 15.3 Å². The van der Waals surface area contributed by atoms with E-state index in [4.69, 9.17) is 9.47 Å².